The van der Waals surface area contributed by atoms with E-state index in [4.69, 9.17) is 29.9 Å². The van der Waals surface area contributed by atoms with Crippen molar-refractivity contribution in [2.45, 2.75) is 38.5 Å². The lowest BCUT2D eigenvalue weighted by Crippen LogP contribution is -2.16. The first-order chi connectivity index (χ1) is 50.1. The normalized spacial score (nSPS) is 13.3. The first-order valence-electron chi connectivity index (χ1n) is 35.1. The standard InChI is InChI=1S/C96H64N6/c1-95(2)85-41-13-12-33-76(85)84-56-60(46-52-87(84)95)59-43-47-69-61(53-59)25-17-38-80(69)91-97-89(78-36-15-23-57-21-5-7-28-66(57)78)98-92(100-91)81-39-18-26-62-54-64(44-48-70(62)81)68-50-51-83(74-31-10-9-30-73(68)74)94-101-90(79-37-16-24-58-22-6-8-29-67(58)79)99-93(102-94)82-40-19-27-63-55-65(45-49-71(63)82)72-34-20-35-77-75-32-11-14-42-86(75)96(3,4)88(72)77/h5-56H,1-4H3. The summed E-state index contributed by atoms with van der Waals surface area (Å²) in [5, 5.41) is 13.0. The molecule has 0 radical (unpaired) electrons. The Kier molecular flexibility index (Phi) is 13.2. The van der Waals surface area contributed by atoms with Crippen LogP contribution in [0.2, 0.25) is 0 Å². The fourth-order valence-corrected chi connectivity index (χ4v) is 17.0. The third kappa shape index (κ3) is 9.33. The smallest absolute Gasteiger partial charge is 0.164 e. The molecule has 2 heterocycles. The number of rotatable bonds is 9. The molecule has 2 aliphatic carbocycles. The molecule has 6 heteroatoms. The Hall–Kier alpha value is -12.9. The van der Waals surface area contributed by atoms with E-state index in [1.165, 1.54) is 61.2 Å². The second kappa shape index (κ2) is 22.8. The molecule has 0 N–H and O–H groups in total. The molecular weight excluding hydrogens is 1240 g/mol. The zero-order valence-corrected chi connectivity index (χ0v) is 56.7. The highest BCUT2D eigenvalue weighted by atomic mass is 15.0. The fraction of sp³-hybridized carbons (Fsp3) is 0.0625. The second-order valence-electron chi connectivity index (χ2n) is 28.4. The number of aromatic nitrogens is 6. The number of nitrogens with zero attached hydrogens (tertiary/aromatic N) is 6. The minimum Gasteiger partial charge on any atom is -0.208 e. The molecule has 0 saturated heterocycles. The summed E-state index contributed by atoms with van der Waals surface area (Å²) in [5.74, 6) is 3.65. The summed E-state index contributed by atoms with van der Waals surface area (Å²) in [6, 6.07) is 114. The lowest BCUT2D eigenvalue weighted by Gasteiger charge is -2.24. The molecule has 2 aliphatic rings. The van der Waals surface area contributed by atoms with Gasteiger partial charge in [0.25, 0.3) is 0 Å². The Labute approximate surface area is 591 Å². The van der Waals surface area contributed by atoms with Crippen LogP contribution in [0.5, 0.6) is 0 Å². The van der Waals surface area contributed by atoms with Gasteiger partial charge in [0.05, 0.1) is 0 Å². The van der Waals surface area contributed by atoms with E-state index in [1.54, 1.807) is 0 Å². The van der Waals surface area contributed by atoms with Gasteiger partial charge in [-0.3, -0.25) is 0 Å². The van der Waals surface area contributed by atoms with Crippen molar-refractivity contribution >= 4 is 64.6 Å². The summed E-state index contributed by atoms with van der Waals surface area (Å²) in [5.41, 5.74) is 23.1. The lowest BCUT2D eigenvalue weighted by atomic mass is 9.78. The molecular formula is C96H64N6. The third-order valence-corrected chi connectivity index (χ3v) is 22.0. The predicted octanol–water partition coefficient (Wildman–Crippen LogP) is 24.6. The molecule has 0 fully saturated rings. The molecule has 0 bridgehead atoms. The zero-order valence-electron chi connectivity index (χ0n) is 56.7. The van der Waals surface area contributed by atoms with Crippen LogP contribution < -0.4 is 0 Å². The van der Waals surface area contributed by atoms with Crippen LogP contribution in [0.3, 0.4) is 0 Å². The zero-order chi connectivity index (χ0) is 68.0. The van der Waals surface area contributed by atoms with E-state index in [1.807, 2.05) is 0 Å². The van der Waals surface area contributed by atoms with E-state index in [2.05, 4.69) is 343 Å². The second-order valence-corrected chi connectivity index (χ2v) is 28.4. The highest BCUT2D eigenvalue weighted by molar-refractivity contribution is 6.08. The Morgan fingerprint density at radius 2 is 0.471 bits per heavy atom. The van der Waals surface area contributed by atoms with Crippen LogP contribution >= 0.6 is 0 Å². The highest BCUT2D eigenvalue weighted by Gasteiger charge is 2.38. The Balaban J connectivity index is 0.690. The minimum atomic E-state index is -0.154. The molecule has 0 unspecified atom stereocenters. The maximum absolute atomic E-state index is 5.51. The average molecular weight is 1300 g/mol. The van der Waals surface area contributed by atoms with Crippen molar-refractivity contribution in [2.24, 2.45) is 0 Å². The van der Waals surface area contributed by atoms with Gasteiger partial charge < -0.3 is 0 Å². The van der Waals surface area contributed by atoms with E-state index in [9.17, 15) is 0 Å². The van der Waals surface area contributed by atoms with Crippen LogP contribution in [-0.4, -0.2) is 29.9 Å². The number of hydrogen-bond acceptors (Lipinski definition) is 6. The molecule has 20 rings (SSSR count). The molecule has 6 nitrogen and oxygen atoms in total. The van der Waals surface area contributed by atoms with Crippen molar-refractivity contribution in [3.63, 3.8) is 0 Å². The van der Waals surface area contributed by atoms with Gasteiger partial charge in [0.15, 0.2) is 34.9 Å². The van der Waals surface area contributed by atoms with Gasteiger partial charge in [-0.15, -0.1) is 0 Å². The summed E-state index contributed by atoms with van der Waals surface area (Å²) in [6.07, 6.45) is 0. The van der Waals surface area contributed by atoms with Crippen molar-refractivity contribution < 1.29 is 0 Å². The Bertz CT molecular complexity index is 6590. The number of hydrogen-bond donors (Lipinski definition) is 0. The first kappa shape index (κ1) is 59.2. The minimum absolute atomic E-state index is 0.0581. The average Bonchev–Trinajstić information content (AvgIpc) is 1.56. The van der Waals surface area contributed by atoms with Crippen LogP contribution in [-0.2, 0) is 10.8 Å². The van der Waals surface area contributed by atoms with E-state index in [0.717, 1.165) is 115 Å². The van der Waals surface area contributed by atoms with Crippen molar-refractivity contribution in [1.29, 1.82) is 0 Å². The van der Waals surface area contributed by atoms with Gasteiger partial charge in [-0.1, -0.05) is 313 Å². The van der Waals surface area contributed by atoms with Gasteiger partial charge >= 0.3 is 0 Å². The molecule has 16 aromatic carbocycles. The van der Waals surface area contributed by atoms with Gasteiger partial charge in [0, 0.05) is 44.2 Å². The fourth-order valence-electron chi connectivity index (χ4n) is 17.0. The monoisotopic (exact) mass is 1300 g/mol. The molecule has 0 amide bonds. The van der Waals surface area contributed by atoms with E-state index in [0.29, 0.717) is 34.9 Å². The molecule has 0 spiro atoms. The third-order valence-electron chi connectivity index (χ3n) is 22.0. The van der Waals surface area contributed by atoms with Gasteiger partial charge in [-0.2, -0.15) is 0 Å². The quantitative estimate of drug-likeness (QED) is 0.143. The lowest BCUT2D eigenvalue weighted by molar-refractivity contribution is 0.660. The topological polar surface area (TPSA) is 77.3 Å². The molecule has 18 aromatic rings. The van der Waals surface area contributed by atoms with Gasteiger partial charge in [0.1, 0.15) is 0 Å². The first-order valence-corrected chi connectivity index (χ1v) is 35.1. The summed E-state index contributed by atoms with van der Waals surface area (Å²) < 4.78 is 0. The molecule has 0 aliphatic heterocycles. The maximum Gasteiger partial charge on any atom is 0.164 e. The molecule has 2 aromatic heterocycles. The van der Waals surface area contributed by atoms with Crippen LogP contribution in [0.15, 0.2) is 315 Å². The molecule has 0 atom stereocenters. The van der Waals surface area contributed by atoms with Crippen LogP contribution in [0.25, 0.3) is 189 Å². The summed E-state index contributed by atoms with van der Waals surface area (Å²) in [7, 11) is 0. The van der Waals surface area contributed by atoms with Crippen molar-refractivity contribution in [2.75, 3.05) is 0 Å². The number of fused-ring (bicyclic) bond motifs is 12. The summed E-state index contributed by atoms with van der Waals surface area (Å²) >= 11 is 0. The summed E-state index contributed by atoms with van der Waals surface area (Å²) in [6.45, 7) is 9.38. The summed E-state index contributed by atoms with van der Waals surface area (Å²) in [4.78, 5) is 32.7. The molecule has 102 heavy (non-hydrogen) atoms. The van der Waals surface area contributed by atoms with Crippen LogP contribution in [0.1, 0.15) is 49.9 Å². The molecule has 478 valence electrons. The van der Waals surface area contributed by atoms with Crippen LogP contribution in [0, 0.1) is 0 Å². The van der Waals surface area contributed by atoms with Crippen molar-refractivity contribution in [3.8, 4) is 124 Å². The van der Waals surface area contributed by atoms with Crippen molar-refractivity contribution in [3.05, 3.63) is 338 Å². The van der Waals surface area contributed by atoms with Crippen LogP contribution in [0.4, 0.5) is 0 Å². The largest absolute Gasteiger partial charge is 0.208 e. The van der Waals surface area contributed by atoms with E-state index >= 15 is 0 Å². The molecule has 0 saturated carbocycles. The Morgan fingerprint density at radius 3 is 0.980 bits per heavy atom. The predicted molar refractivity (Wildman–Crippen MR) is 422 cm³/mol. The number of benzene rings is 16. The van der Waals surface area contributed by atoms with Gasteiger partial charge in [-0.25, -0.2) is 29.9 Å². The van der Waals surface area contributed by atoms with Crippen molar-refractivity contribution in [1.82, 2.24) is 29.9 Å². The maximum atomic E-state index is 5.51. The van der Waals surface area contributed by atoms with E-state index in [-0.39, 0.29) is 10.8 Å². The van der Waals surface area contributed by atoms with Gasteiger partial charge in [0.2, 0.25) is 0 Å². The Morgan fingerprint density at radius 1 is 0.176 bits per heavy atom. The van der Waals surface area contributed by atoms with E-state index < -0.39 is 0 Å². The SMILES string of the molecule is CC1(C)c2ccccc2-c2cc(-c3ccc4c(-c5nc(-c6cccc7ccccc67)nc(-c6cccc7cc(-c8ccc(-c9nc(-c%10cccc%11ccccc%10%11)nc(-c%10cccc%11cc(-c%12cccc%13c%12C(C)(C)c%12ccccc%12-%13)ccc%10%11)n9)c9ccccc89)ccc67)n5)cccc4c3)ccc21. The van der Waals surface area contributed by atoms with Gasteiger partial charge in [-0.05, 0) is 173 Å². The highest BCUT2D eigenvalue weighted by Crippen LogP contribution is 2.54.